The Morgan fingerprint density at radius 2 is 1.77 bits per heavy atom. The van der Waals surface area contributed by atoms with E-state index in [2.05, 4.69) is 15.4 Å². The number of hydrogen-bond donors (Lipinski definition) is 2. The molecular weight excluding hydrogens is 297 g/mol. The normalized spacial score (nSPS) is 10.9. The summed E-state index contributed by atoms with van der Waals surface area (Å²) < 4.78 is 40.1. The van der Waals surface area contributed by atoms with Gasteiger partial charge in [0, 0.05) is 18.3 Å². The predicted molar refractivity (Wildman–Crippen MR) is 75.4 cm³/mol. The number of hydrogen-bond acceptors (Lipinski definition) is 2. The Labute approximate surface area is 124 Å². The van der Waals surface area contributed by atoms with Gasteiger partial charge in [-0.05, 0) is 17.7 Å². The summed E-state index contributed by atoms with van der Waals surface area (Å²) in [6, 6.07) is 13.8. The Hall–Kier alpha value is -2.70. The van der Waals surface area contributed by atoms with Gasteiger partial charge >= 0.3 is 12.4 Å². The second-order valence-corrected chi connectivity index (χ2v) is 4.37. The van der Waals surface area contributed by atoms with E-state index in [4.69, 9.17) is 0 Å². The van der Waals surface area contributed by atoms with Gasteiger partial charge in [-0.2, -0.15) is 0 Å². The lowest BCUT2D eigenvalue weighted by Crippen LogP contribution is -2.28. The van der Waals surface area contributed by atoms with Crippen LogP contribution in [0.3, 0.4) is 0 Å². The van der Waals surface area contributed by atoms with E-state index < -0.39 is 18.1 Å². The van der Waals surface area contributed by atoms with Crippen LogP contribution in [0, 0.1) is 0 Å². The van der Waals surface area contributed by atoms with E-state index >= 15 is 0 Å². The number of nitrogens with one attached hydrogen (secondary N) is 2. The molecule has 2 rings (SSSR count). The molecule has 7 heteroatoms. The van der Waals surface area contributed by atoms with E-state index in [-0.39, 0.29) is 5.69 Å². The molecule has 2 amide bonds. The molecule has 0 bridgehead atoms. The molecule has 0 saturated heterocycles. The molecular formula is C15H13F3N2O2. The third-order valence-corrected chi connectivity index (χ3v) is 2.62. The summed E-state index contributed by atoms with van der Waals surface area (Å²) in [6.45, 7) is 0.311. The molecule has 0 spiro atoms. The average Bonchev–Trinajstić information content (AvgIpc) is 2.45. The minimum absolute atomic E-state index is 0.201. The summed E-state index contributed by atoms with van der Waals surface area (Å²) in [5.41, 5.74) is 1.11. The maximum Gasteiger partial charge on any atom is 0.573 e. The van der Waals surface area contributed by atoms with Crippen molar-refractivity contribution in [2.75, 3.05) is 5.32 Å². The van der Waals surface area contributed by atoms with Crippen LogP contribution in [-0.4, -0.2) is 12.4 Å². The molecule has 4 nitrogen and oxygen atoms in total. The number of amides is 2. The number of carbonyl (C=O) groups is 1. The van der Waals surface area contributed by atoms with Crippen LogP contribution in [0.1, 0.15) is 5.56 Å². The molecule has 0 atom stereocenters. The van der Waals surface area contributed by atoms with Crippen molar-refractivity contribution in [2.45, 2.75) is 12.9 Å². The largest absolute Gasteiger partial charge is 0.573 e. The van der Waals surface area contributed by atoms with Crippen LogP contribution in [0.15, 0.2) is 54.6 Å². The number of carbonyl (C=O) groups excluding carboxylic acids is 1. The lowest BCUT2D eigenvalue weighted by Gasteiger charge is -2.11. The quantitative estimate of drug-likeness (QED) is 0.899. The van der Waals surface area contributed by atoms with E-state index in [1.807, 2.05) is 30.3 Å². The molecule has 0 aliphatic carbocycles. The van der Waals surface area contributed by atoms with Gasteiger partial charge in [0.15, 0.2) is 0 Å². The minimum atomic E-state index is -4.77. The topological polar surface area (TPSA) is 50.4 Å². The highest BCUT2D eigenvalue weighted by atomic mass is 19.4. The van der Waals surface area contributed by atoms with Crippen molar-refractivity contribution in [1.82, 2.24) is 5.32 Å². The standard InChI is InChI=1S/C15H13F3N2O2/c16-15(17,18)22-13-8-4-7-12(9-13)20-14(21)19-10-11-5-2-1-3-6-11/h1-9H,10H2,(H2,19,20,21). The summed E-state index contributed by atoms with van der Waals surface area (Å²) in [4.78, 5) is 11.7. The minimum Gasteiger partial charge on any atom is -0.406 e. The number of urea groups is 1. The SMILES string of the molecule is O=C(NCc1ccccc1)Nc1cccc(OC(F)(F)F)c1. The third kappa shape index (κ3) is 5.35. The number of halogens is 3. The number of benzene rings is 2. The zero-order chi connectivity index (χ0) is 16.0. The molecule has 0 unspecified atom stereocenters. The summed E-state index contributed by atoms with van der Waals surface area (Å²) in [5.74, 6) is -0.395. The van der Waals surface area contributed by atoms with Gasteiger partial charge < -0.3 is 15.4 Å². The fourth-order valence-electron chi connectivity index (χ4n) is 1.72. The number of ether oxygens (including phenoxy) is 1. The molecule has 2 aromatic carbocycles. The van der Waals surface area contributed by atoms with E-state index in [9.17, 15) is 18.0 Å². The van der Waals surface area contributed by atoms with Gasteiger partial charge in [-0.3, -0.25) is 0 Å². The van der Waals surface area contributed by atoms with Crippen LogP contribution in [0.25, 0.3) is 0 Å². The van der Waals surface area contributed by atoms with Crippen molar-refractivity contribution >= 4 is 11.7 Å². The summed E-state index contributed by atoms with van der Waals surface area (Å²) >= 11 is 0. The molecule has 22 heavy (non-hydrogen) atoms. The molecule has 0 aromatic heterocycles. The molecule has 0 saturated carbocycles. The van der Waals surface area contributed by atoms with Crippen molar-refractivity contribution in [3.05, 3.63) is 60.2 Å². The first-order valence-corrected chi connectivity index (χ1v) is 6.37. The van der Waals surface area contributed by atoms with Crippen LogP contribution >= 0.6 is 0 Å². The highest BCUT2D eigenvalue weighted by Gasteiger charge is 2.31. The Morgan fingerprint density at radius 1 is 1.05 bits per heavy atom. The van der Waals surface area contributed by atoms with Gasteiger partial charge in [-0.25, -0.2) is 4.79 Å². The van der Waals surface area contributed by atoms with E-state index in [1.165, 1.54) is 12.1 Å². The first-order valence-electron chi connectivity index (χ1n) is 6.37. The lowest BCUT2D eigenvalue weighted by molar-refractivity contribution is -0.274. The highest BCUT2D eigenvalue weighted by Crippen LogP contribution is 2.24. The van der Waals surface area contributed by atoms with Crippen molar-refractivity contribution in [3.8, 4) is 5.75 Å². The maximum absolute atomic E-state index is 12.1. The zero-order valence-electron chi connectivity index (χ0n) is 11.4. The number of alkyl halides is 3. The second kappa shape index (κ2) is 6.84. The van der Waals surface area contributed by atoms with Crippen molar-refractivity contribution < 1.29 is 22.7 Å². The van der Waals surface area contributed by atoms with Gasteiger partial charge in [0.1, 0.15) is 5.75 Å². The summed E-state index contributed by atoms with van der Waals surface area (Å²) in [6.07, 6.45) is -4.77. The van der Waals surface area contributed by atoms with Crippen LogP contribution in [0.2, 0.25) is 0 Å². The Bertz CT molecular complexity index is 630. The van der Waals surface area contributed by atoms with Gasteiger partial charge in [0.2, 0.25) is 0 Å². The van der Waals surface area contributed by atoms with E-state index in [0.29, 0.717) is 6.54 Å². The van der Waals surface area contributed by atoms with Crippen molar-refractivity contribution in [1.29, 1.82) is 0 Å². The van der Waals surface area contributed by atoms with E-state index in [0.717, 1.165) is 17.7 Å². The monoisotopic (exact) mass is 310 g/mol. The average molecular weight is 310 g/mol. The van der Waals surface area contributed by atoms with Gasteiger partial charge in [0.25, 0.3) is 0 Å². The molecule has 2 aromatic rings. The van der Waals surface area contributed by atoms with Crippen LogP contribution < -0.4 is 15.4 Å². The molecule has 0 heterocycles. The highest BCUT2D eigenvalue weighted by molar-refractivity contribution is 5.89. The van der Waals surface area contributed by atoms with Crippen LogP contribution in [-0.2, 0) is 6.54 Å². The van der Waals surface area contributed by atoms with Crippen molar-refractivity contribution in [2.24, 2.45) is 0 Å². The van der Waals surface area contributed by atoms with Gasteiger partial charge in [-0.1, -0.05) is 36.4 Å². The summed E-state index contributed by atoms with van der Waals surface area (Å²) in [7, 11) is 0. The Balaban J connectivity index is 1.90. The molecule has 0 radical (unpaired) electrons. The Morgan fingerprint density at radius 3 is 2.45 bits per heavy atom. The fourth-order valence-corrected chi connectivity index (χ4v) is 1.72. The number of rotatable bonds is 4. The number of anilines is 1. The molecule has 0 aliphatic heterocycles. The van der Waals surface area contributed by atoms with Crippen LogP contribution in [0.4, 0.5) is 23.7 Å². The fraction of sp³-hybridized carbons (Fsp3) is 0.133. The summed E-state index contributed by atoms with van der Waals surface area (Å²) in [5, 5.41) is 5.04. The molecule has 0 fully saturated rings. The van der Waals surface area contributed by atoms with Gasteiger partial charge in [0.05, 0.1) is 0 Å². The Kier molecular flexibility index (Phi) is 4.88. The maximum atomic E-state index is 12.1. The zero-order valence-corrected chi connectivity index (χ0v) is 11.4. The molecule has 116 valence electrons. The third-order valence-electron chi connectivity index (χ3n) is 2.62. The molecule has 2 N–H and O–H groups in total. The first kappa shape index (κ1) is 15.7. The lowest BCUT2D eigenvalue weighted by atomic mass is 10.2. The van der Waals surface area contributed by atoms with Crippen LogP contribution in [0.5, 0.6) is 5.75 Å². The first-order chi connectivity index (χ1) is 10.4. The van der Waals surface area contributed by atoms with E-state index in [1.54, 1.807) is 0 Å². The molecule has 0 aliphatic rings. The predicted octanol–water partition coefficient (Wildman–Crippen LogP) is 3.91. The van der Waals surface area contributed by atoms with Crippen molar-refractivity contribution in [3.63, 3.8) is 0 Å². The van der Waals surface area contributed by atoms with Gasteiger partial charge in [-0.15, -0.1) is 13.2 Å². The second-order valence-electron chi connectivity index (χ2n) is 4.37. The smallest absolute Gasteiger partial charge is 0.406 e.